The van der Waals surface area contributed by atoms with Crippen LogP contribution in [-0.2, 0) is 0 Å². The van der Waals surface area contributed by atoms with E-state index in [0.29, 0.717) is 22.0 Å². The number of rotatable bonds is 3. The highest BCUT2D eigenvalue weighted by atomic mass is 35.5. The van der Waals surface area contributed by atoms with Crippen LogP contribution in [0.3, 0.4) is 0 Å². The minimum Gasteiger partial charge on any atom is -0.406 e. The van der Waals surface area contributed by atoms with Gasteiger partial charge >= 0.3 is 6.36 Å². The van der Waals surface area contributed by atoms with Crippen molar-refractivity contribution < 1.29 is 17.9 Å². The predicted molar refractivity (Wildman–Crippen MR) is 72.6 cm³/mol. The van der Waals surface area contributed by atoms with Crippen LogP contribution in [0, 0.1) is 11.3 Å². The molecule has 0 saturated carbocycles. The molecule has 0 radical (unpaired) electrons. The van der Waals surface area contributed by atoms with Gasteiger partial charge in [-0.2, -0.15) is 5.26 Å². The standard InChI is InChI=1S/C14H8ClF3N2O/c15-13-7-11(2-1-9(13)8-19)20-10-3-5-12(6-4-10)21-14(16,17)18/h1-7,20H. The number of hydrogen-bond donors (Lipinski definition) is 1. The molecule has 0 fully saturated rings. The molecule has 0 unspecified atom stereocenters. The number of anilines is 2. The van der Waals surface area contributed by atoms with Crippen LogP contribution in [0.5, 0.6) is 5.75 Å². The van der Waals surface area contributed by atoms with Crippen LogP contribution in [0.25, 0.3) is 0 Å². The highest BCUT2D eigenvalue weighted by Gasteiger charge is 2.30. The van der Waals surface area contributed by atoms with Crippen molar-refractivity contribution in [1.82, 2.24) is 0 Å². The molecule has 2 aromatic carbocycles. The fourth-order valence-corrected chi connectivity index (χ4v) is 1.81. The molecule has 0 atom stereocenters. The average Bonchev–Trinajstić information content (AvgIpc) is 2.40. The second-order valence-corrected chi connectivity index (χ2v) is 4.41. The van der Waals surface area contributed by atoms with Crippen molar-refractivity contribution in [3.05, 3.63) is 53.1 Å². The first-order valence-corrected chi connectivity index (χ1v) is 6.08. The lowest BCUT2D eigenvalue weighted by Crippen LogP contribution is -2.16. The molecule has 108 valence electrons. The second kappa shape index (κ2) is 5.94. The molecule has 0 aliphatic heterocycles. The molecule has 21 heavy (non-hydrogen) atoms. The number of nitrogens with one attached hydrogen (secondary N) is 1. The molecule has 0 aliphatic rings. The Morgan fingerprint density at radius 3 is 2.19 bits per heavy atom. The van der Waals surface area contributed by atoms with Gasteiger partial charge in [-0.1, -0.05) is 11.6 Å². The number of nitriles is 1. The lowest BCUT2D eigenvalue weighted by Gasteiger charge is -2.10. The Kier molecular flexibility index (Phi) is 4.24. The monoisotopic (exact) mass is 312 g/mol. The topological polar surface area (TPSA) is 45.0 Å². The van der Waals surface area contributed by atoms with Crippen LogP contribution in [0.2, 0.25) is 5.02 Å². The number of benzene rings is 2. The quantitative estimate of drug-likeness (QED) is 0.880. The summed E-state index contributed by atoms with van der Waals surface area (Å²) in [5.74, 6) is -0.300. The van der Waals surface area contributed by atoms with Gasteiger partial charge in [-0.25, -0.2) is 0 Å². The van der Waals surface area contributed by atoms with Crippen molar-refractivity contribution >= 4 is 23.0 Å². The molecule has 2 rings (SSSR count). The number of ether oxygens (including phenoxy) is 1. The zero-order valence-electron chi connectivity index (χ0n) is 10.4. The van der Waals surface area contributed by atoms with Crippen LogP contribution in [0.1, 0.15) is 5.56 Å². The van der Waals surface area contributed by atoms with Crippen LogP contribution in [0.4, 0.5) is 24.5 Å². The van der Waals surface area contributed by atoms with E-state index in [1.807, 2.05) is 6.07 Å². The van der Waals surface area contributed by atoms with Gasteiger partial charge in [0.1, 0.15) is 11.8 Å². The van der Waals surface area contributed by atoms with Gasteiger partial charge in [0, 0.05) is 11.4 Å². The van der Waals surface area contributed by atoms with Gasteiger partial charge in [0.05, 0.1) is 10.6 Å². The highest BCUT2D eigenvalue weighted by Crippen LogP contribution is 2.26. The molecule has 0 bridgehead atoms. The summed E-state index contributed by atoms with van der Waals surface area (Å²) < 4.78 is 39.8. The smallest absolute Gasteiger partial charge is 0.406 e. The van der Waals surface area contributed by atoms with Gasteiger partial charge in [0.25, 0.3) is 0 Å². The van der Waals surface area contributed by atoms with Gasteiger partial charge in [-0.15, -0.1) is 13.2 Å². The lowest BCUT2D eigenvalue weighted by atomic mass is 10.2. The van der Waals surface area contributed by atoms with Crippen LogP contribution >= 0.6 is 11.6 Å². The minimum atomic E-state index is -4.71. The number of hydrogen-bond acceptors (Lipinski definition) is 3. The third-order valence-corrected chi connectivity index (χ3v) is 2.78. The summed E-state index contributed by atoms with van der Waals surface area (Å²) in [4.78, 5) is 0. The molecule has 1 N–H and O–H groups in total. The largest absolute Gasteiger partial charge is 0.573 e. The van der Waals surface area contributed by atoms with Gasteiger partial charge in [0.15, 0.2) is 0 Å². The Labute approximate surface area is 123 Å². The fraction of sp³-hybridized carbons (Fsp3) is 0.0714. The summed E-state index contributed by atoms with van der Waals surface area (Å²) in [6.45, 7) is 0. The van der Waals surface area contributed by atoms with Gasteiger partial charge in [-0.3, -0.25) is 0 Å². The van der Waals surface area contributed by atoms with Gasteiger partial charge in [0.2, 0.25) is 0 Å². The first-order chi connectivity index (χ1) is 9.87. The maximum Gasteiger partial charge on any atom is 0.573 e. The number of nitrogens with zero attached hydrogens (tertiary/aromatic N) is 1. The summed E-state index contributed by atoms with van der Waals surface area (Å²) in [6, 6.07) is 11.9. The Hall–Kier alpha value is -2.39. The van der Waals surface area contributed by atoms with E-state index in [4.69, 9.17) is 16.9 Å². The normalized spacial score (nSPS) is 10.8. The van der Waals surface area contributed by atoms with Crippen molar-refractivity contribution in [2.24, 2.45) is 0 Å². The Bertz CT molecular complexity index is 678. The summed E-state index contributed by atoms with van der Waals surface area (Å²) in [5, 5.41) is 12.0. The zero-order valence-corrected chi connectivity index (χ0v) is 11.2. The van der Waals surface area contributed by atoms with E-state index in [1.54, 1.807) is 18.2 Å². The summed E-state index contributed by atoms with van der Waals surface area (Å²) in [6.07, 6.45) is -4.71. The predicted octanol–water partition coefficient (Wildman–Crippen LogP) is 4.85. The Morgan fingerprint density at radius 1 is 1.05 bits per heavy atom. The molecule has 0 aromatic heterocycles. The van der Waals surface area contributed by atoms with E-state index in [-0.39, 0.29) is 5.75 Å². The van der Waals surface area contributed by atoms with Crippen molar-refractivity contribution in [3.8, 4) is 11.8 Å². The molecular weight excluding hydrogens is 305 g/mol. The maximum atomic E-state index is 12.0. The van der Waals surface area contributed by atoms with Gasteiger partial charge in [-0.05, 0) is 42.5 Å². The van der Waals surface area contributed by atoms with Crippen LogP contribution < -0.4 is 10.1 Å². The third kappa shape index (κ3) is 4.29. The highest BCUT2D eigenvalue weighted by molar-refractivity contribution is 6.32. The average molecular weight is 313 g/mol. The molecule has 7 heteroatoms. The maximum absolute atomic E-state index is 12.0. The number of halogens is 4. The molecule has 0 spiro atoms. The molecular formula is C14H8ClF3N2O. The van der Waals surface area contributed by atoms with E-state index in [1.165, 1.54) is 24.3 Å². The Morgan fingerprint density at radius 2 is 1.67 bits per heavy atom. The summed E-state index contributed by atoms with van der Waals surface area (Å²) in [7, 11) is 0. The first-order valence-electron chi connectivity index (χ1n) is 5.70. The van der Waals surface area contributed by atoms with Crippen molar-refractivity contribution in [1.29, 1.82) is 5.26 Å². The molecule has 0 amide bonds. The summed E-state index contributed by atoms with van der Waals surface area (Å²) in [5.41, 5.74) is 1.52. The molecule has 2 aromatic rings. The summed E-state index contributed by atoms with van der Waals surface area (Å²) >= 11 is 5.89. The van der Waals surface area contributed by atoms with Crippen molar-refractivity contribution in [2.75, 3.05) is 5.32 Å². The van der Waals surface area contributed by atoms with Gasteiger partial charge < -0.3 is 10.1 Å². The first kappa shape index (κ1) is 15.0. The molecule has 0 heterocycles. The Balaban J connectivity index is 2.10. The number of alkyl halides is 3. The van der Waals surface area contributed by atoms with Crippen LogP contribution in [0.15, 0.2) is 42.5 Å². The SMILES string of the molecule is N#Cc1ccc(Nc2ccc(OC(F)(F)F)cc2)cc1Cl. The van der Waals surface area contributed by atoms with E-state index in [0.717, 1.165) is 0 Å². The lowest BCUT2D eigenvalue weighted by molar-refractivity contribution is -0.274. The van der Waals surface area contributed by atoms with Crippen LogP contribution in [-0.4, -0.2) is 6.36 Å². The molecule has 0 saturated heterocycles. The third-order valence-electron chi connectivity index (χ3n) is 2.47. The van der Waals surface area contributed by atoms with E-state index in [2.05, 4.69) is 10.1 Å². The van der Waals surface area contributed by atoms with E-state index >= 15 is 0 Å². The fourth-order valence-electron chi connectivity index (χ4n) is 1.59. The molecule has 0 aliphatic carbocycles. The zero-order chi connectivity index (χ0) is 15.5. The second-order valence-electron chi connectivity index (χ2n) is 4.00. The molecule has 3 nitrogen and oxygen atoms in total. The van der Waals surface area contributed by atoms with E-state index in [9.17, 15) is 13.2 Å². The van der Waals surface area contributed by atoms with Crippen molar-refractivity contribution in [3.63, 3.8) is 0 Å². The minimum absolute atomic E-state index is 0.291. The van der Waals surface area contributed by atoms with Crippen molar-refractivity contribution in [2.45, 2.75) is 6.36 Å². The van der Waals surface area contributed by atoms with E-state index < -0.39 is 6.36 Å².